The summed E-state index contributed by atoms with van der Waals surface area (Å²) in [6.45, 7) is 6.34. The van der Waals surface area contributed by atoms with Crippen molar-refractivity contribution in [3.63, 3.8) is 0 Å². The van der Waals surface area contributed by atoms with E-state index in [0.29, 0.717) is 5.92 Å². The maximum atomic E-state index is 5.60. The van der Waals surface area contributed by atoms with Gasteiger partial charge in [0.2, 0.25) is 0 Å². The third-order valence-corrected chi connectivity index (χ3v) is 2.82. The van der Waals surface area contributed by atoms with E-state index < -0.39 is 0 Å². The van der Waals surface area contributed by atoms with Crippen LogP contribution in [0.1, 0.15) is 38.7 Å². The molecule has 1 aromatic carbocycles. The molecule has 0 aliphatic heterocycles. The zero-order valence-corrected chi connectivity index (χ0v) is 11.3. The van der Waals surface area contributed by atoms with Gasteiger partial charge in [0, 0.05) is 5.33 Å². The number of alkyl halides is 1. The molecule has 0 saturated heterocycles. The Balaban J connectivity index is 2.63. The predicted molar refractivity (Wildman–Crippen MR) is 69.0 cm³/mol. The minimum atomic E-state index is 0.246. The van der Waals surface area contributed by atoms with Crippen molar-refractivity contribution in [1.82, 2.24) is 0 Å². The van der Waals surface area contributed by atoms with Gasteiger partial charge < -0.3 is 4.74 Å². The van der Waals surface area contributed by atoms with Crippen LogP contribution in [0.15, 0.2) is 24.3 Å². The van der Waals surface area contributed by atoms with Crippen molar-refractivity contribution in [2.75, 3.05) is 5.33 Å². The zero-order valence-electron chi connectivity index (χ0n) is 9.66. The summed E-state index contributed by atoms with van der Waals surface area (Å²) in [5, 5.41) is 1.05. The van der Waals surface area contributed by atoms with Crippen molar-refractivity contribution < 1.29 is 4.74 Å². The first-order valence-electron chi connectivity index (χ1n) is 5.46. The van der Waals surface area contributed by atoms with Crippen molar-refractivity contribution in [2.45, 2.75) is 39.2 Å². The van der Waals surface area contributed by atoms with E-state index in [1.54, 1.807) is 0 Å². The summed E-state index contributed by atoms with van der Waals surface area (Å²) in [5.41, 5.74) is 1.38. The highest BCUT2D eigenvalue weighted by atomic mass is 79.9. The summed E-state index contributed by atoms with van der Waals surface area (Å²) in [4.78, 5) is 0. The van der Waals surface area contributed by atoms with Gasteiger partial charge in [0.05, 0.1) is 6.10 Å². The van der Waals surface area contributed by atoms with E-state index in [2.05, 4.69) is 47.1 Å². The summed E-state index contributed by atoms with van der Waals surface area (Å²) in [7, 11) is 0. The van der Waals surface area contributed by atoms with Crippen LogP contribution in [0.25, 0.3) is 0 Å². The molecule has 1 unspecified atom stereocenters. The molecule has 1 atom stereocenters. The lowest BCUT2D eigenvalue weighted by Gasteiger charge is -2.13. The third kappa shape index (κ3) is 4.25. The maximum Gasteiger partial charge on any atom is 0.119 e. The molecule has 1 nitrogen and oxygen atoms in total. The Morgan fingerprint density at radius 3 is 2.20 bits per heavy atom. The van der Waals surface area contributed by atoms with E-state index in [-0.39, 0.29) is 6.10 Å². The zero-order chi connectivity index (χ0) is 11.3. The normalized spacial score (nSPS) is 12.9. The Hall–Kier alpha value is -0.500. The number of halogens is 1. The van der Waals surface area contributed by atoms with Gasteiger partial charge in [0.25, 0.3) is 0 Å². The van der Waals surface area contributed by atoms with Crippen LogP contribution in [0.3, 0.4) is 0 Å². The van der Waals surface area contributed by atoms with Gasteiger partial charge in [-0.3, -0.25) is 0 Å². The van der Waals surface area contributed by atoms with Crippen LogP contribution in [0, 0.1) is 0 Å². The number of hydrogen-bond donors (Lipinski definition) is 0. The van der Waals surface area contributed by atoms with Crippen LogP contribution in [0.4, 0.5) is 0 Å². The number of benzene rings is 1. The van der Waals surface area contributed by atoms with Crippen molar-refractivity contribution in [3.05, 3.63) is 29.8 Å². The second-order valence-corrected chi connectivity index (χ2v) is 4.91. The molecule has 0 aliphatic rings. The second-order valence-electron chi connectivity index (χ2n) is 4.11. The van der Waals surface area contributed by atoms with Crippen molar-refractivity contribution in [3.8, 4) is 5.75 Å². The van der Waals surface area contributed by atoms with E-state index in [9.17, 15) is 0 Å². The van der Waals surface area contributed by atoms with Crippen LogP contribution in [-0.2, 0) is 0 Å². The molecule has 0 aliphatic carbocycles. The van der Waals surface area contributed by atoms with Crippen LogP contribution in [0.5, 0.6) is 5.75 Å². The second kappa shape index (κ2) is 6.16. The van der Waals surface area contributed by atoms with Crippen molar-refractivity contribution in [1.29, 1.82) is 0 Å². The average molecular weight is 271 g/mol. The summed E-state index contributed by atoms with van der Waals surface area (Å²) >= 11 is 3.47. The predicted octanol–water partition coefficient (Wildman–Crippen LogP) is 4.36. The van der Waals surface area contributed by atoms with Crippen LogP contribution >= 0.6 is 15.9 Å². The standard InChI is InChI=1S/C13H19BrO/c1-10(2)15-13-6-4-12(5-7-13)11(3)8-9-14/h4-7,10-11H,8-9H2,1-3H3. The van der Waals surface area contributed by atoms with Gasteiger partial charge in [-0.2, -0.15) is 0 Å². The fourth-order valence-electron chi connectivity index (χ4n) is 1.48. The molecule has 84 valence electrons. The highest BCUT2D eigenvalue weighted by molar-refractivity contribution is 9.09. The minimum Gasteiger partial charge on any atom is -0.491 e. The van der Waals surface area contributed by atoms with Gasteiger partial charge >= 0.3 is 0 Å². The van der Waals surface area contributed by atoms with Crippen LogP contribution in [-0.4, -0.2) is 11.4 Å². The Bertz CT molecular complexity index is 279. The number of rotatable bonds is 5. The Kier molecular flexibility index (Phi) is 5.16. The summed E-state index contributed by atoms with van der Waals surface area (Å²) in [6.07, 6.45) is 1.42. The molecule has 15 heavy (non-hydrogen) atoms. The first kappa shape index (κ1) is 12.6. The van der Waals surface area contributed by atoms with E-state index in [1.165, 1.54) is 12.0 Å². The number of hydrogen-bond acceptors (Lipinski definition) is 1. The molecule has 0 fully saturated rings. The van der Waals surface area contributed by atoms with Crippen molar-refractivity contribution in [2.24, 2.45) is 0 Å². The Morgan fingerprint density at radius 1 is 1.13 bits per heavy atom. The maximum absolute atomic E-state index is 5.60. The summed E-state index contributed by atoms with van der Waals surface area (Å²) < 4.78 is 5.60. The van der Waals surface area contributed by atoms with Crippen molar-refractivity contribution >= 4 is 15.9 Å². The lowest BCUT2D eigenvalue weighted by atomic mass is 9.99. The topological polar surface area (TPSA) is 9.23 Å². The number of ether oxygens (including phenoxy) is 1. The summed E-state index contributed by atoms with van der Waals surface area (Å²) in [6, 6.07) is 8.43. The first-order valence-corrected chi connectivity index (χ1v) is 6.58. The average Bonchev–Trinajstić information content (AvgIpc) is 2.18. The fraction of sp³-hybridized carbons (Fsp3) is 0.538. The van der Waals surface area contributed by atoms with E-state index >= 15 is 0 Å². The van der Waals surface area contributed by atoms with E-state index in [0.717, 1.165) is 11.1 Å². The van der Waals surface area contributed by atoms with Gasteiger partial charge in [-0.25, -0.2) is 0 Å². The molecule has 0 N–H and O–H groups in total. The molecule has 1 aromatic rings. The lowest BCUT2D eigenvalue weighted by molar-refractivity contribution is 0.242. The molecule has 0 bridgehead atoms. The Morgan fingerprint density at radius 2 is 1.73 bits per heavy atom. The molecular formula is C13H19BrO. The lowest BCUT2D eigenvalue weighted by Crippen LogP contribution is -2.05. The Labute approximate surface area is 101 Å². The molecule has 0 spiro atoms. The highest BCUT2D eigenvalue weighted by Crippen LogP contribution is 2.22. The molecule has 0 aromatic heterocycles. The highest BCUT2D eigenvalue weighted by Gasteiger charge is 2.04. The fourth-order valence-corrected chi connectivity index (χ4v) is 2.16. The van der Waals surface area contributed by atoms with Gasteiger partial charge in [-0.1, -0.05) is 35.0 Å². The van der Waals surface area contributed by atoms with Gasteiger partial charge in [-0.05, 0) is 43.9 Å². The van der Waals surface area contributed by atoms with Gasteiger partial charge in [0.15, 0.2) is 0 Å². The first-order chi connectivity index (χ1) is 7.13. The smallest absolute Gasteiger partial charge is 0.119 e. The SMILES string of the molecule is CC(C)Oc1ccc(C(C)CCBr)cc1. The largest absolute Gasteiger partial charge is 0.491 e. The van der Waals surface area contributed by atoms with Gasteiger partial charge in [0.1, 0.15) is 5.75 Å². The molecule has 0 radical (unpaired) electrons. The quantitative estimate of drug-likeness (QED) is 0.723. The summed E-state index contributed by atoms with van der Waals surface area (Å²) in [5.74, 6) is 1.57. The molecule has 0 amide bonds. The van der Waals surface area contributed by atoms with Crippen LogP contribution in [0.2, 0.25) is 0 Å². The van der Waals surface area contributed by atoms with E-state index in [4.69, 9.17) is 4.74 Å². The van der Waals surface area contributed by atoms with E-state index in [1.807, 2.05) is 13.8 Å². The molecule has 2 heteroatoms. The molecule has 0 saturated carbocycles. The molecule has 0 heterocycles. The van der Waals surface area contributed by atoms with Gasteiger partial charge in [-0.15, -0.1) is 0 Å². The molecular weight excluding hydrogens is 252 g/mol. The van der Waals surface area contributed by atoms with Crippen LogP contribution < -0.4 is 4.74 Å². The monoisotopic (exact) mass is 270 g/mol. The molecule has 1 rings (SSSR count). The third-order valence-electron chi connectivity index (χ3n) is 2.36. The minimum absolute atomic E-state index is 0.246.